The number of aromatic hydroxyl groups is 1. The van der Waals surface area contributed by atoms with Crippen LogP contribution in [0.3, 0.4) is 0 Å². The van der Waals surface area contributed by atoms with Crippen LogP contribution in [0.4, 0.5) is 13.2 Å². The van der Waals surface area contributed by atoms with E-state index in [2.05, 4.69) is 4.90 Å². The lowest BCUT2D eigenvalue weighted by molar-refractivity contribution is -0.126. The molecule has 3 nitrogen and oxygen atoms in total. The molecule has 0 amide bonds. The van der Waals surface area contributed by atoms with Crippen LogP contribution >= 0.6 is 11.3 Å². The molecule has 2 aliphatic rings. The van der Waals surface area contributed by atoms with Gasteiger partial charge in [-0.2, -0.15) is 13.2 Å². The maximum atomic E-state index is 12.7. The predicted molar refractivity (Wildman–Crippen MR) is 89.3 cm³/mol. The molecule has 7 heteroatoms. The van der Waals surface area contributed by atoms with Crippen molar-refractivity contribution >= 4 is 11.3 Å². The number of methoxy groups -OCH3 is 1. The lowest BCUT2D eigenvalue weighted by Crippen LogP contribution is -2.38. The standard InChI is InChI=1S/C18H18F3NO2S/c1-24-17-13-9-22-5-4-16-12(7-11(25-16)8-18(19,20)21)14(22)6-10(13)2-3-15(17)23/h2-3,7,14,23H,4-6,8-9H2,1H3. The summed E-state index contributed by atoms with van der Waals surface area (Å²) in [5, 5.41) is 9.98. The molecule has 134 valence electrons. The molecule has 1 aromatic carbocycles. The number of phenols is 1. The van der Waals surface area contributed by atoms with Crippen LogP contribution in [0.5, 0.6) is 11.5 Å². The third-order valence-corrected chi connectivity index (χ3v) is 6.22. The first-order chi connectivity index (χ1) is 11.9. The second kappa shape index (κ2) is 5.92. The molecule has 0 aliphatic carbocycles. The van der Waals surface area contributed by atoms with Crippen LogP contribution in [0.2, 0.25) is 0 Å². The van der Waals surface area contributed by atoms with Crippen LogP contribution in [0.25, 0.3) is 0 Å². The molecule has 0 bridgehead atoms. The van der Waals surface area contributed by atoms with Crippen molar-refractivity contribution in [1.29, 1.82) is 0 Å². The molecule has 2 aromatic rings. The number of nitrogens with zero attached hydrogens (tertiary/aromatic N) is 1. The van der Waals surface area contributed by atoms with Crippen molar-refractivity contribution in [2.45, 2.75) is 38.0 Å². The molecular formula is C18H18F3NO2S. The fourth-order valence-electron chi connectivity index (χ4n) is 3.95. The van der Waals surface area contributed by atoms with Crippen molar-refractivity contribution in [2.24, 2.45) is 0 Å². The highest BCUT2D eigenvalue weighted by Gasteiger charge is 2.36. The summed E-state index contributed by atoms with van der Waals surface area (Å²) in [6, 6.07) is 5.36. The van der Waals surface area contributed by atoms with E-state index < -0.39 is 12.6 Å². The van der Waals surface area contributed by atoms with Crippen LogP contribution in [0.1, 0.15) is 32.5 Å². The number of halogens is 3. The Morgan fingerprint density at radius 2 is 2.16 bits per heavy atom. The van der Waals surface area contributed by atoms with E-state index in [1.54, 1.807) is 12.1 Å². The first-order valence-corrected chi connectivity index (χ1v) is 8.97. The number of hydrogen-bond acceptors (Lipinski definition) is 4. The van der Waals surface area contributed by atoms with Gasteiger partial charge in [-0.3, -0.25) is 4.90 Å². The number of fused-ring (bicyclic) bond motifs is 4. The van der Waals surface area contributed by atoms with Crippen molar-refractivity contribution in [1.82, 2.24) is 4.90 Å². The number of ether oxygens (including phenoxy) is 1. The zero-order chi connectivity index (χ0) is 17.8. The van der Waals surface area contributed by atoms with Crippen LogP contribution in [-0.2, 0) is 25.8 Å². The molecule has 0 saturated heterocycles. The summed E-state index contributed by atoms with van der Waals surface area (Å²) in [6.45, 7) is 1.45. The minimum atomic E-state index is -4.17. The van der Waals surface area contributed by atoms with Crippen molar-refractivity contribution in [3.8, 4) is 11.5 Å². The van der Waals surface area contributed by atoms with Crippen LogP contribution < -0.4 is 4.74 Å². The van der Waals surface area contributed by atoms with Gasteiger partial charge in [0.25, 0.3) is 0 Å². The van der Waals surface area contributed by atoms with E-state index >= 15 is 0 Å². The largest absolute Gasteiger partial charge is 0.504 e. The molecular weight excluding hydrogens is 351 g/mol. The van der Waals surface area contributed by atoms with Gasteiger partial charge in [0.2, 0.25) is 0 Å². The van der Waals surface area contributed by atoms with E-state index in [4.69, 9.17) is 4.74 Å². The zero-order valence-corrected chi connectivity index (χ0v) is 14.5. The number of rotatable bonds is 2. The summed E-state index contributed by atoms with van der Waals surface area (Å²) in [4.78, 5) is 3.75. The smallest absolute Gasteiger partial charge is 0.393 e. The molecule has 1 unspecified atom stereocenters. The SMILES string of the molecule is COc1c(O)ccc2c1CN1CCc3sc(CC(F)(F)F)cc3C1C2. The summed E-state index contributed by atoms with van der Waals surface area (Å²) >= 11 is 1.30. The van der Waals surface area contributed by atoms with Crippen molar-refractivity contribution in [2.75, 3.05) is 13.7 Å². The summed E-state index contributed by atoms with van der Waals surface area (Å²) in [6.07, 6.45) is -3.53. The Morgan fingerprint density at radius 1 is 1.36 bits per heavy atom. The Bertz CT molecular complexity index is 815. The van der Waals surface area contributed by atoms with Gasteiger partial charge in [-0.1, -0.05) is 6.07 Å². The van der Waals surface area contributed by atoms with Gasteiger partial charge < -0.3 is 9.84 Å². The maximum absolute atomic E-state index is 12.7. The van der Waals surface area contributed by atoms with Crippen molar-refractivity contribution < 1.29 is 23.0 Å². The van der Waals surface area contributed by atoms with E-state index in [0.717, 1.165) is 41.0 Å². The number of alkyl halides is 3. The topological polar surface area (TPSA) is 32.7 Å². The highest BCUT2D eigenvalue weighted by atomic mass is 32.1. The van der Waals surface area contributed by atoms with E-state index in [-0.39, 0.29) is 11.8 Å². The van der Waals surface area contributed by atoms with E-state index in [1.807, 2.05) is 6.07 Å². The number of benzene rings is 1. The summed E-state index contributed by atoms with van der Waals surface area (Å²) in [7, 11) is 1.54. The highest BCUT2D eigenvalue weighted by Crippen LogP contribution is 2.45. The molecule has 0 fully saturated rings. The lowest BCUT2D eigenvalue weighted by atomic mass is 9.86. The quantitative estimate of drug-likeness (QED) is 0.860. The van der Waals surface area contributed by atoms with Gasteiger partial charge in [-0.25, -0.2) is 0 Å². The summed E-state index contributed by atoms with van der Waals surface area (Å²) < 4.78 is 43.5. The second-order valence-electron chi connectivity index (χ2n) is 6.58. The monoisotopic (exact) mass is 369 g/mol. The molecule has 0 spiro atoms. The van der Waals surface area contributed by atoms with Crippen LogP contribution in [0, 0.1) is 0 Å². The second-order valence-corrected chi connectivity index (χ2v) is 7.80. The fourth-order valence-corrected chi connectivity index (χ4v) is 5.19. The van der Waals surface area contributed by atoms with Gasteiger partial charge >= 0.3 is 6.18 Å². The highest BCUT2D eigenvalue weighted by molar-refractivity contribution is 7.12. The third kappa shape index (κ3) is 3.00. The van der Waals surface area contributed by atoms with Gasteiger partial charge in [0.05, 0.1) is 13.5 Å². The number of thiophene rings is 1. The Kier molecular flexibility index (Phi) is 3.96. The Labute approximate surface area is 147 Å². The van der Waals surface area contributed by atoms with E-state index in [0.29, 0.717) is 17.2 Å². The molecule has 2 aliphatic heterocycles. The third-order valence-electron chi connectivity index (χ3n) is 5.01. The molecule has 0 radical (unpaired) electrons. The van der Waals surface area contributed by atoms with E-state index in [9.17, 15) is 18.3 Å². The van der Waals surface area contributed by atoms with Gasteiger partial charge in [0, 0.05) is 34.4 Å². The Balaban J connectivity index is 1.68. The Hall–Kier alpha value is -1.73. The molecule has 25 heavy (non-hydrogen) atoms. The number of hydrogen-bond donors (Lipinski definition) is 1. The average Bonchev–Trinajstić information content (AvgIpc) is 2.94. The minimum absolute atomic E-state index is 0.101. The van der Waals surface area contributed by atoms with Gasteiger partial charge in [-0.05, 0) is 36.1 Å². The van der Waals surface area contributed by atoms with Crippen molar-refractivity contribution in [3.63, 3.8) is 0 Å². The molecule has 1 aromatic heterocycles. The average molecular weight is 369 g/mol. The maximum Gasteiger partial charge on any atom is 0.393 e. The Morgan fingerprint density at radius 3 is 2.88 bits per heavy atom. The van der Waals surface area contributed by atoms with Gasteiger partial charge in [-0.15, -0.1) is 11.3 Å². The zero-order valence-electron chi connectivity index (χ0n) is 13.7. The predicted octanol–water partition coefficient (Wildman–Crippen LogP) is 4.22. The molecule has 1 N–H and O–H groups in total. The lowest BCUT2D eigenvalue weighted by Gasteiger charge is -2.40. The van der Waals surface area contributed by atoms with Crippen LogP contribution in [0.15, 0.2) is 18.2 Å². The first kappa shape index (κ1) is 16.7. The first-order valence-electron chi connectivity index (χ1n) is 8.15. The van der Waals surface area contributed by atoms with Gasteiger partial charge in [0.15, 0.2) is 11.5 Å². The number of phenolic OH excluding ortho intramolecular Hbond substituents is 1. The normalized spacial score (nSPS) is 19.9. The van der Waals surface area contributed by atoms with Crippen molar-refractivity contribution in [3.05, 3.63) is 44.6 Å². The molecule has 0 saturated carbocycles. The molecule has 4 rings (SSSR count). The van der Waals surface area contributed by atoms with E-state index in [1.165, 1.54) is 18.4 Å². The fraction of sp³-hybridized carbons (Fsp3) is 0.444. The summed E-state index contributed by atoms with van der Waals surface area (Å²) in [5.41, 5.74) is 3.11. The van der Waals surface area contributed by atoms with Crippen LogP contribution in [-0.4, -0.2) is 29.8 Å². The minimum Gasteiger partial charge on any atom is -0.504 e. The molecule has 3 heterocycles. The molecule has 1 atom stereocenters. The van der Waals surface area contributed by atoms with Gasteiger partial charge in [0.1, 0.15) is 0 Å². The summed E-state index contributed by atoms with van der Waals surface area (Å²) in [5.74, 6) is 0.630.